The lowest BCUT2D eigenvalue weighted by Crippen LogP contribution is -2.15. The van der Waals surface area contributed by atoms with Gasteiger partial charge < -0.3 is 10.1 Å². The first kappa shape index (κ1) is 13.6. The maximum Gasteiger partial charge on any atom is 0.119 e. The topological polar surface area (TPSA) is 34.1 Å². The highest BCUT2D eigenvalue weighted by molar-refractivity contribution is 7.09. The molecule has 3 rings (SSSR count). The van der Waals surface area contributed by atoms with Crippen LogP contribution in [0.2, 0.25) is 0 Å². The van der Waals surface area contributed by atoms with E-state index in [2.05, 4.69) is 34.7 Å². The Bertz CT molecular complexity index is 546. The second-order valence-corrected chi connectivity index (χ2v) is 6.24. The normalized spacial score (nSPS) is 14.4. The maximum absolute atomic E-state index is 5.73. The number of hydrogen-bond donors (Lipinski definition) is 1. The molecule has 0 radical (unpaired) electrons. The number of nitrogens with zero attached hydrogens (tertiary/aromatic N) is 1. The lowest BCUT2D eigenvalue weighted by atomic mass is 10.2. The van der Waals surface area contributed by atoms with Gasteiger partial charge in [-0.05, 0) is 31.9 Å². The smallest absolute Gasteiger partial charge is 0.119 e. The zero-order chi connectivity index (χ0) is 13.8. The first-order chi connectivity index (χ1) is 9.79. The molecule has 3 nitrogen and oxygen atoms in total. The molecule has 2 aromatic rings. The van der Waals surface area contributed by atoms with Crippen LogP contribution in [0.25, 0.3) is 0 Å². The molecular weight excluding hydrogens is 268 g/mol. The van der Waals surface area contributed by atoms with Crippen LogP contribution in [0.3, 0.4) is 0 Å². The van der Waals surface area contributed by atoms with Crippen LogP contribution in [0.15, 0.2) is 29.6 Å². The van der Waals surface area contributed by atoms with Crippen LogP contribution in [-0.2, 0) is 13.0 Å². The standard InChI is InChI=1S/C16H20N2OS/c1-12-2-6-15(7-3-12)19-9-8-16-18-14(11-20-16)10-17-13-4-5-13/h2-3,6-7,11,13,17H,4-5,8-10H2,1H3. The molecule has 1 saturated carbocycles. The van der Waals surface area contributed by atoms with Gasteiger partial charge in [-0.15, -0.1) is 11.3 Å². The Hall–Kier alpha value is -1.39. The third kappa shape index (κ3) is 4.05. The van der Waals surface area contributed by atoms with E-state index in [9.17, 15) is 0 Å². The van der Waals surface area contributed by atoms with E-state index < -0.39 is 0 Å². The van der Waals surface area contributed by atoms with Gasteiger partial charge >= 0.3 is 0 Å². The van der Waals surface area contributed by atoms with Gasteiger partial charge in [-0.1, -0.05) is 17.7 Å². The predicted molar refractivity (Wildman–Crippen MR) is 82.4 cm³/mol. The van der Waals surface area contributed by atoms with E-state index in [0.29, 0.717) is 6.61 Å². The second-order valence-electron chi connectivity index (χ2n) is 5.30. The Balaban J connectivity index is 1.42. The Labute approximate surface area is 124 Å². The summed E-state index contributed by atoms with van der Waals surface area (Å²) in [5.41, 5.74) is 2.41. The minimum Gasteiger partial charge on any atom is -0.493 e. The highest BCUT2D eigenvalue weighted by Gasteiger charge is 2.20. The molecule has 0 spiro atoms. The van der Waals surface area contributed by atoms with Crippen molar-refractivity contribution in [3.05, 3.63) is 45.9 Å². The second kappa shape index (κ2) is 6.37. The van der Waals surface area contributed by atoms with Gasteiger partial charge in [0.2, 0.25) is 0 Å². The number of rotatable bonds is 7. The third-order valence-corrected chi connectivity index (χ3v) is 4.31. The van der Waals surface area contributed by atoms with Gasteiger partial charge in [0.1, 0.15) is 5.75 Å². The first-order valence-electron chi connectivity index (χ1n) is 7.16. The van der Waals surface area contributed by atoms with Gasteiger partial charge in [-0.25, -0.2) is 4.98 Å². The van der Waals surface area contributed by atoms with Crippen molar-refractivity contribution in [2.24, 2.45) is 0 Å². The zero-order valence-corrected chi connectivity index (χ0v) is 12.6. The molecule has 106 valence electrons. The van der Waals surface area contributed by atoms with Gasteiger partial charge in [0.25, 0.3) is 0 Å². The van der Waals surface area contributed by atoms with E-state index in [1.807, 2.05) is 12.1 Å². The van der Waals surface area contributed by atoms with Crippen LogP contribution in [0.4, 0.5) is 0 Å². The Morgan fingerprint density at radius 1 is 1.30 bits per heavy atom. The van der Waals surface area contributed by atoms with E-state index >= 15 is 0 Å². The Morgan fingerprint density at radius 2 is 2.10 bits per heavy atom. The van der Waals surface area contributed by atoms with Gasteiger partial charge in [-0.2, -0.15) is 0 Å². The number of benzene rings is 1. The summed E-state index contributed by atoms with van der Waals surface area (Å²) in [6, 6.07) is 8.91. The van der Waals surface area contributed by atoms with Gasteiger partial charge in [-0.3, -0.25) is 0 Å². The molecule has 1 fully saturated rings. The summed E-state index contributed by atoms with van der Waals surface area (Å²) in [4.78, 5) is 4.63. The Kier molecular flexibility index (Phi) is 4.33. The van der Waals surface area contributed by atoms with E-state index in [0.717, 1.165) is 35.5 Å². The summed E-state index contributed by atoms with van der Waals surface area (Å²) in [5, 5.41) is 6.79. The van der Waals surface area contributed by atoms with Crippen molar-refractivity contribution in [1.29, 1.82) is 0 Å². The lowest BCUT2D eigenvalue weighted by Gasteiger charge is -2.04. The minimum absolute atomic E-state index is 0.687. The molecular formula is C16H20N2OS. The molecule has 1 aromatic carbocycles. The summed E-state index contributed by atoms with van der Waals surface area (Å²) in [6.07, 6.45) is 3.52. The van der Waals surface area contributed by atoms with Crippen LogP contribution < -0.4 is 10.1 Å². The summed E-state index contributed by atoms with van der Waals surface area (Å²) in [6.45, 7) is 3.67. The van der Waals surface area contributed by atoms with Crippen molar-refractivity contribution in [3.8, 4) is 5.75 Å². The molecule has 0 unspecified atom stereocenters. The Morgan fingerprint density at radius 3 is 2.85 bits per heavy atom. The molecule has 0 bridgehead atoms. The maximum atomic E-state index is 5.73. The summed E-state index contributed by atoms with van der Waals surface area (Å²) >= 11 is 1.73. The molecule has 4 heteroatoms. The van der Waals surface area contributed by atoms with Crippen LogP contribution >= 0.6 is 11.3 Å². The van der Waals surface area contributed by atoms with Crippen molar-refractivity contribution in [3.63, 3.8) is 0 Å². The summed E-state index contributed by atoms with van der Waals surface area (Å²) in [7, 11) is 0. The number of thiazole rings is 1. The van der Waals surface area contributed by atoms with Crippen molar-refractivity contribution in [2.75, 3.05) is 6.61 Å². The predicted octanol–water partition coefficient (Wildman–Crippen LogP) is 3.33. The lowest BCUT2D eigenvalue weighted by molar-refractivity contribution is 0.321. The number of aromatic nitrogens is 1. The van der Waals surface area contributed by atoms with Crippen LogP contribution in [0, 0.1) is 6.92 Å². The molecule has 0 atom stereocenters. The van der Waals surface area contributed by atoms with Crippen LogP contribution in [0.5, 0.6) is 5.75 Å². The summed E-state index contributed by atoms with van der Waals surface area (Å²) < 4.78 is 5.73. The zero-order valence-electron chi connectivity index (χ0n) is 11.8. The van der Waals surface area contributed by atoms with E-state index in [1.54, 1.807) is 11.3 Å². The molecule has 0 saturated heterocycles. The van der Waals surface area contributed by atoms with Gasteiger partial charge in [0, 0.05) is 24.4 Å². The van der Waals surface area contributed by atoms with E-state index in [4.69, 9.17) is 4.74 Å². The number of hydrogen-bond acceptors (Lipinski definition) is 4. The highest BCUT2D eigenvalue weighted by atomic mass is 32.1. The fourth-order valence-electron chi connectivity index (χ4n) is 1.97. The van der Waals surface area contributed by atoms with Gasteiger partial charge in [0.15, 0.2) is 0 Å². The molecule has 0 aliphatic heterocycles. The molecule has 1 N–H and O–H groups in total. The monoisotopic (exact) mass is 288 g/mol. The highest BCUT2D eigenvalue weighted by Crippen LogP contribution is 2.20. The molecule has 0 amide bonds. The van der Waals surface area contributed by atoms with Crippen molar-refractivity contribution in [2.45, 2.75) is 38.8 Å². The number of ether oxygens (including phenoxy) is 1. The quantitative estimate of drug-likeness (QED) is 0.848. The average molecular weight is 288 g/mol. The van der Waals surface area contributed by atoms with Crippen molar-refractivity contribution >= 4 is 11.3 Å². The molecule has 1 aliphatic rings. The molecule has 1 heterocycles. The molecule has 1 aromatic heterocycles. The van der Waals surface area contributed by atoms with Crippen LogP contribution in [0.1, 0.15) is 29.1 Å². The molecule has 1 aliphatic carbocycles. The minimum atomic E-state index is 0.687. The average Bonchev–Trinajstić information content (AvgIpc) is 3.18. The van der Waals surface area contributed by atoms with Crippen LogP contribution in [-0.4, -0.2) is 17.6 Å². The number of aryl methyl sites for hydroxylation is 1. The van der Waals surface area contributed by atoms with Crippen molar-refractivity contribution < 1.29 is 4.74 Å². The third-order valence-electron chi connectivity index (χ3n) is 3.35. The van der Waals surface area contributed by atoms with Gasteiger partial charge in [0.05, 0.1) is 17.3 Å². The largest absolute Gasteiger partial charge is 0.493 e. The SMILES string of the molecule is Cc1ccc(OCCc2nc(CNC3CC3)cs2)cc1. The fourth-order valence-corrected chi connectivity index (χ4v) is 2.75. The molecule has 20 heavy (non-hydrogen) atoms. The first-order valence-corrected chi connectivity index (χ1v) is 8.04. The number of nitrogens with one attached hydrogen (secondary N) is 1. The van der Waals surface area contributed by atoms with Crippen molar-refractivity contribution in [1.82, 2.24) is 10.3 Å². The fraction of sp³-hybridized carbons (Fsp3) is 0.438. The van der Waals surface area contributed by atoms with E-state index in [1.165, 1.54) is 18.4 Å². The summed E-state index contributed by atoms with van der Waals surface area (Å²) in [5.74, 6) is 0.933. The van der Waals surface area contributed by atoms with E-state index in [-0.39, 0.29) is 0 Å².